The van der Waals surface area contributed by atoms with Gasteiger partial charge in [-0.15, -0.1) is 0 Å². The van der Waals surface area contributed by atoms with Crippen LogP contribution in [-0.4, -0.2) is 72.3 Å². The summed E-state index contributed by atoms with van der Waals surface area (Å²) in [6, 6.07) is 5.51. The van der Waals surface area contributed by atoms with Gasteiger partial charge >= 0.3 is 0 Å². The maximum absolute atomic E-state index is 5.80. The molecule has 1 saturated heterocycles. The fraction of sp³-hybridized carbons (Fsp3) is 0.667. The lowest BCUT2D eigenvalue weighted by Gasteiger charge is -2.13. The van der Waals surface area contributed by atoms with Crippen molar-refractivity contribution >= 4 is 5.96 Å². The van der Waals surface area contributed by atoms with Gasteiger partial charge in [-0.3, -0.25) is 4.99 Å². The molecule has 1 unspecified atom stereocenters. The van der Waals surface area contributed by atoms with Gasteiger partial charge < -0.3 is 34.3 Å². The van der Waals surface area contributed by atoms with E-state index >= 15 is 0 Å². The molecular weight excluding hydrogens is 374 g/mol. The topological polar surface area (TPSA) is 82.6 Å². The standard InChI is InChI=1S/C21H35N3O5/c1-4-22-21(23-8-5-10-28-17-7-12-27-16-17)24-9-6-11-29-20-14-18(25-2)13-19(15-20)26-3/h13-15,17H,4-12,16H2,1-3H3,(H2,22,23,24). The molecule has 1 aliphatic heterocycles. The largest absolute Gasteiger partial charge is 0.496 e. The Balaban J connectivity index is 1.63. The second-order valence-electron chi connectivity index (χ2n) is 6.65. The number of aliphatic imine (C=N–C) groups is 1. The molecule has 0 radical (unpaired) electrons. The van der Waals surface area contributed by atoms with Gasteiger partial charge in [0.1, 0.15) is 17.2 Å². The predicted molar refractivity (Wildman–Crippen MR) is 113 cm³/mol. The molecule has 8 nitrogen and oxygen atoms in total. The third-order valence-corrected chi connectivity index (χ3v) is 4.37. The van der Waals surface area contributed by atoms with E-state index in [2.05, 4.69) is 22.5 Å². The van der Waals surface area contributed by atoms with Crippen LogP contribution >= 0.6 is 0 Å². The minimum absolute atomic E-state index is 0.265. The summed E-state index contributed by atoms with van der Waals surface area (Å²) in [6.07, 6.45) is 3.01. The van der Waals surface area contributed by atoms with Crippen molar-refractivity contribution in [3.8, 4) is 17.2 Å². The first-order chi connectivity index (χ1) is 14.2. The SMILES string of the molecule is CCNC(=NCCCOc1cc(OC)cc(OC)c1)NCCCOC1CCOC1. The molecule has 1 aromatic rings. The van der Waals surface area contributed by atoms with Crippen LogP contribution in [0.2, 0.25) is 0 Å². The van der Waals surface area contributed by atoms with E-state index in [1.165, 1.54) is 0 Å². The third-order valence-electron chi connectivity index (χ3n) is 4.37. The van der Waals surface area contributed by atoms with Crippen molar-refractivity contribution in [1.29, 1.82) is 0 Å². The lowest BCUT2D eigenvalue weighted by molar-refractivity contribution is 0.0420. The van der Waals surface area contributed by atoms with E-state index in [1.54, 1.807) is 14.2 Å². The van der Waals surface area contributed by atoms with Crippen molar-refractivity contribution < 1.29 is 23.7 Å². The summed E-state index contributed by atoms with van der Waals surface area (Å²) in [5.74, 6) is 2.96. The Morgan fingerprint density at radius 1 is 1.07 bits per heavy atom. The molecule has 164 valence electrons. The van der Waals surface area contributed by atoms with Crippen LogP contribution in [0.1, 0.15) is 26.2 Å². The molecular formula is C21H35N3O5. The smallest absolute Gasteiger partial charge is 0.191 e. The maximum Gasteiger partial charge on any atom is 0.191 e. The van der Waals surface area contributed by atoms with Gasteiger partial charge in [0.05, 0.1) is 33.5 Å². The Bertz CT molecular complexity index is 584. The van der Waals surface area contributed by atoms with Crippen LogP contribution in [0.3, 0.4) is 0 Å². The minimum Gasteiger partial charge on any atom is -0.496 e. The molecule has 1 aliphatic rings. The number of guanidine groups is 1. The van der Waals surface area contributed by atoms with Gasteiger partial charge in [0.2, 0.25) is 0 Å². The van der Waals surface area contributed by atoms with Crippen molar-refractivity contribution in [1.82, 2.24) is 10.6 Å². The van der Waals surface area contributed by atoms with E-state index < -0.39 is 0 Å². The summed E-state index contributed by atoms with van der Waals surface area (Å²) < 4.78 is 27.4. The van der Waals surface area contributed by atoms with Crippen molar-refractivity contribution in [2.75, 3.05) is 60.3 Å². The quantitative estimate of drug-likeness (QED) is 0.294. The highest BCUT2D eigenvalue weighted by Gasteiger charge is 2.15. The summed E-state index contributed by atoms with van der Waals surface area (Å²) in [5, 5.41) is 6.60. The maximum atomic E-state index is 5.80. The van der Waals surface area contributed by atoms with Crippen molar-refractivity contribution in [3.05, 3.63) is 18.2 Å². The zero-order valence-corrected chi connectivity index (χ0v) is 17.9. The minimum atomic E-state index is 0.265. The van der Waals surface area contributed by atoms with Gasteiger partial charge in [0.15, 0.2) is 5.96 Å². The van der Waals surface area contributed by atoms with Gasteiger partial charge in [-0.1, -0.05) is 0 Å². The fourth-order valence-corrected chi connectivity index (χ4v) is 2.83. The Hall–Kier alpha value is -2.19. The predicted octanol–water partition coefficient (Wildman–Crippen LogP) is 2.22. The lowest BCUT2D eigenvalue weighted by atomic mass is 10.3. The highest BCUT2D eigenvalue weighted by atomic mass is 16.5. The van der Waals surface area contributed by atoms with Crippen LogP contribution in [0.15, 0.2) is 23.2 Å². The Labute approximate surface area is 173 Å². The van der Waals surface area contributed by atoms with Crippen molar-refractivity contribution in [2.45, 2.75) is 32.3 Å². The number of benzene rings is 1. The zero-order chi connectivity index (χ0) is 20.7. The first-order valence-electron chi connectivity index (χ1n) is 10.3. The molecule has 0 aliphatic carbocycles. The summed E-state index contributed by atoms with van der Waals surface area (Å²) in [5.41, 5.74) is 0. The molecule has 1 atom stereocenters. The monoisotopic (exact) mass is 409 g/mol. The second kappa shape index (κ2) is 13.9. The summed E-state index contributed by atoms with van der Waals surface area (Å²) in [4.78, 5) is 4.59. The van der Waals surface area contributed by atoms with Crippen molar-refractivity contribution in [3.63, 3.8) is 0 Å². The van der Waals surface area contributed by atoms with Crippen LogP contribution in [0.4, 0.5) is 0 Å². The lowest BCUT2D eigenvalue weighted by Crippen LogP contribution is -2.38. The number of hydrogen-bond donors (Lipinski definition) is 2. The number of nitrogens with one attached hydrogen (secondary N) is 2. The van der Waals surface area contributed by atoms with Gasteiger partial charge in [0, 0.05) is 57.5 Å². The summed E-state index contributed by atoms with van der Waals surface area (Å²) in [6.45, 7) is 7.21. The van der Waals surface area contributed by atoms with Crippen LogP contribution in [0.25, 0.3) is 0 Å². The number of ether oxygens (including phenoxy) is 5. The first-order valence-corrected chi connectivity index (χ1v) is 10.3. The molecule has 1 aromatic carbocycles. The van der Waals surface area contributed by atoms with Gasteiger partial charge in [-0.25, -0.2) is 0 Å². The van der Waals surface area contributed by atoms with Gasteiger partial charge in [-0.2, -0.15) is 0 Å². The number of hydrogen-bond acceptors (Lipinski definition) is 6. The van der Waals surface area contributed by atoms with E-state index in [0.717, 1.165) is 63.9 Å². The first kappa shape index (κ1) is 23.1. The molecule has 2 rings (SSSR count). The molecule has 0 amide bonds. The van der Waals surface area contributed by atoms with Gasteiger partial charge in [0.25, 0.3) is 0 Å². The molecule has 0 bridgehead atoms. The van der Waals surface area contributed by atoms with Crippen LogP contribution in [0.5, 0.6) is 17.2 Å². The van der Waals surface area contributed by atoms with Crippen LogP contribution in [0, 0.1) is 0 Å². The van der Waals surface area contributed by atoms with E-state index in [4.69, 9.17) is 23.7 Å². The zero-order valence-electron chi connectivity index (χ0n) is 17.9. The molecule has 0 saturated carbocycles. The average Bonchev–Trinajstić information content (AvgIpc) is 3.26. The third kappa shape index (κ3) is 9.23. The normalized spacial score (nSPS) is 16.5. The molecule has 0 spiro atoms. The highest BCUT2D eigenvalue weighted by molar-refractivity contribution is 5.79. The molecule has 0 aromatic heterocycles. The highest BCUT2D eigenvalue weighted by Crippen LogP contribution is 2.27. The fourth-order valence-electron chi connectivity index (χ4n) is 2.83. The van der Waals surface area contributed by atoms with Crippen molar-refractivity contribution in [2.24, 2.45) is 4.99 Å². The van der Waals surface area contributed by atoms with Crippen LogP contribution < -0.4 is 24.8 Å². The number of nitrogens with zero attached hydrogens (tertiary/aromatic N) is 1. The Morgan fingerprint density at radius 2 is 1.83 bits per heavy atom. The van der Waals surface area contributed by atoms with Crippen LogP contribution in [-0.2, 0) is 9.47 Å². The molecule has 29 heavy (non-hydrogen) atoms. The Morgan fingerprint density at radius 3 is 2.48 bits per heavy atom. The molecule has 1 fully saturated rings. The molecule has 8 heteroatoms. The van der Waals surface area contributed by atoms with E-state index in [-0.39, 0.29) is 6.10 Å². The van der Waals surface area contributed by atoms with E-state index in [1.807, 2.05) is 18.2 Å². The number of rotatable bonds is 13. The van der Waals surface area contributed by atoms with E-state index in [9.17, 15) is 0 Å². The summed E-state index contributed by atoms with van der Waals surface area (Å²) in [7, 11) is 3.25. The summed E-state index contributed by atoms with van der Waals surface area (Å²) >= 11 is 0. The van der Waals surface area contributed by atoms with Gasteiger partial charge in [-0.05, 0) is 19.8 Å². The molecule has 2 N–H and O–H groups in total. The van der Waals surface area contributed by atoms with E-state index in [0.29, 0.717) is 24.7 Å². The number of methoxy groups -OCH3 is 2. The second-order valence-corrected chi connectivity index (χ2v) is 6.65. The molecule has 1 heterocycles. The Kier molecular flexibility index (Phi) is 11.1. The average molecular weight is 410 g/mol.